The van der Waals surface area contributed by atoms with Crippen LogP contribution in [-0.4, -0.2) is 48.4 Å². The van der Waals surface area contributed by atoms with Gasteiger partial charge in [0, 0.05) is 26.6 Å². The minimum Gasteiger partial charge on any atom is -0.380 e. The fraction of sp³-hybridized carbons (Fsp3) is 0.700. The van der Waals surface area contributed by atoms with Gasteiger partial charge >= 0.3 is 0 Å². The van der Waals surface area contributed by atoms with E-state index in [0.29, 0.717) is 25.2 Å². The van der Waals surface area contributed by atoms with Crippen LogP contribution in [0.2, 0.25) is 0 Å². The number of aromatic nitrogens is 2. The lowest BCUT2D eigenvalue weighted by Crippen LogP contribution is -2.41. The maximum atomic E-state index is 11.7. The Hall–Kier alpha value is -1.47. The zero-order valence-corrected chi connectivity index (χ0v) is 9.68. The van der Waals surface area contributed by atoms with Crippen molar-refractivity contribution in [2.24, 2.45) is 0 Å². The molecule has 1 aromatic heterocycles. The number of nitrogens with zero attached hydrogens (tertiary/aromatic N) is 2. The van der Waals surface area contributed by atoms with Crippen molar-refractivity contribution in [2.75, 3.05) is 20.2 Å². The third-order valence-electron chi connectivity index (χ3n) is 2.80. The van der Waals surface area contributed by atoms with E-state index in [1.54, 1.807) is 7.11 Å². The third kappa shape index (κ3) is 3.24. The number of carbonyl (C=O) groups is 1. The minimum atomic E-state index is -0.162. The molecule has 1 saturated heterocycles. The molecule has 1 aliphatic heterocycles. The van der Waals surface area contributed by atoms with Crippen molar-refractivity contribution >= 4 is 5.91 Å². The number of hydrogen-bond donors (Lipinski definition) is 2. The fourth-order valence-corrected chi connectivity index (χ4v) is 1.81. The number of hydrogen-bond acceptors (Lipinski definition) is 6. The first-order valence-corrected chi connectivity index (χ1v) is 5.58. The molecule has 2 atom stereocenters. The predicted octanol–water partition coefficient (Wildman–Crippen LogP) is -0.895. The number of carbonyl (C=O) groups excluding carboxylic acids is 1. The first-order chi connectivity index (χ1) is 8.29. The zero-order valence-electron chi connectivity index (χ0n) is 9.68. The van der Waals surface area contributed by atoms with Crippen LogP contribution >= 0.6 is 0 Å². The van der Waals surface area contributed by atoms with Crippen LogP contribution in [0.3, 0.4) is 0 Å². The van der Waals surface area contributed by atoms with Gasteiger partial charge in [0.15, 0.2) is 5.82 Å². The van der Waals surface area contributed by atoms with Gasteiger partial charge in [-0.15, -0.1) is 0 Å². The van der Waals surface area contributed by atoms with E-state index in [1.807, 2.05) is 0 Å². The van der Waals surface area contributed by atoms with Crippen LogP contribution in [-0.2, 0) is 16.0 Å². The van der Waals surface area contributed by atoms with Gasteiger partial charge in [-0.2, -0.15) is 4.98 Å². The van der Waals surface area contributed by atoms with E-state index in [9.17, 15) is 4.79 Å². The molecule has 2 rings (SSSR count). The lowest BCUT2D eigenvalue weighted by Gasteiger charge is -2.10. The normalized spacial score (nSPS) is 23.8. The highest BCUT2D eigenvalue weighted by molar-refractivity contribution is 5.82. The summed E-state index contributed by atoms with van der Waals surface area (Å²) in [6, 6.07) is -0.162. The van der Waals surface area contributed by atoms with Crippen molar-refractivity contribution in [1.29, 1.82) is 0 Å². The summed E-state index contributed by atoms with van der Waals surface area (Å²) in [5.74, 6) is 0.590. The Kier molecular flexibility index (Phi) is 4.05. The van der Waals surface area contributed by atoms with E-state index in [-0.39, 0.29) is 18.1 Å². The maximum absolute atomic E-state index is 11.7. The molecule has 1 aromatic rings. The lowest BCUT2D eigenvalue weighted by molar-refractivity contribution is -0.122. The van der Waals surface area contributed by atoms with Crippen LogP contribution in [0.15, 0.2) is 10.9 Å². The third-order valence-corrected chi connectivity index (χ3v) is 2.80. The van der Waals surface area contributed by atoms with E-state index in [0.717, 1.165) is 6.54 Å². The molecule has 2 unspecified atom stereocenters. The van der Waals surface area contributed by atoms with Gasteiger partial charge in [-0.25, -0.2) is 0 Å². The van der Waals surface area contributed by atoms with Crippen LogP contribution in [0, 0.1) is 0 Å². The average Bonchev–Trinajstić information content (AvgIpc) is 2.99. The zero-order chi connectivity index (χ0) is 12.1. The van der Waals surface area contributed by atoms with Gasteiger partial charge in [0.25, 0.3) is 0 Å². The van der Waals surface area contributed by atoms with Crippen LogP contribution in [0.25, 0.3) is 0 Å². The average molecular weight is 240 g/mol. The number of rotatable bonds is 5. The quantitative estimate of drug-likeness (QED) is 0.693. The Morgan fingerprint density at radius 3 is 3.29 bits per heavy atom. The van der Waals surface area contributed by atoms with Gasteiger partial charge in [0.2, 0.25) is 12.3 Å². The van der Waals surface area contributed by atoms with Gasteiger partial charge in [0.1, 0.15) is 0 Å². The highest BCUT2D eigenvalue weighted by Crippen LogP contribution is 2.09. The van der Waals surface area contributed by atoms with E-state index in [2.05, 4.69) is 25.3 Å². The molecule has 0 aromatic carbocycles. The van der Waals surface area contributed by atoms with Crippen molar-refractivity contribution in [3.63, 3.8) is 0 Å². The number of nitrogens with one attached hydrogen (secondary N) is 2. The van der Waals surface area contributed by atoms with E-state index < -0.39 is 0 Å². The van der Waals surface area contributed by atoms with Crippen molar-refractivity contribution in [3.05, 3.63) is 12.2 Å². The summed E-state index contributed by atoms with van der Waals surface area (Å²) < 4.78 is 9.78. The molecule has 1 aliphatic rings. The van der Waals surface area contributed by atoms with Gasteiger partial charge in [-0.1, -0.05) is 5.16 Å². The van der Waals surface area contributed by atoms with Gasteiger partial charge < -0.3 is 19.9 Å². The summed E-state index contributed by atoms with van der Waals surface area (Å²) >= 11 is 0. The predicted molar refractivity (Wildman–Crippen MR) is 58.2 cm³/mol. The topological polar surface area (TPSA) is 89.3 Å². The van der Waals surface area contributed by atoms with E-state index in [1.165, 1.54) is 6.39 Å². The van der Waals surface area contributed by atoms with Gasteiger partial charge in [0.05, 0.1) is 12.1 Å². The van der Waals surface area contributed by atoms with Crippen LogP contribution < -0.4 is 10.6 Å². The first-order valence-electron chi connectivity index (χ1n) is 5.58. The Bertz CT molecular complexity index is 354. The first kappa shape index (κ1) is 12.0. The standard InChI is InChI=1S/C10H16N4O3/c1-16-7-4-8(12-5-7)10(15)11-3-2-9-13-6-17-14-9/h6-8,12H,2-5H2,1H3,(H,11,15). The monoisotopic (exact) mass is 240 g/mol. The molecular weight excluding hydrogens is 224 g/mol. The molecule has 1 amide bonds. The largest absolute Gasteiger partial charge is 0.380 e. The summed E-state index contributed by atoms with van der Waals surface area (Å²) in [6.07, 6.45) is 2.69. The van der Waals surface area contributed by atoms with Crippen molar-refractivity contribution in [1.82, 2.24) is 20.8 Å². The molecular formula is C10H16N4O3. The van der Waals surface area contributed by atoms with Crippen LogP contribution in [0.1, 0.15) is 12.2 Å². The number of methoxy groups -OCH3 is 1. The van der Waals surface area contributed by atoms with Gasteiger partial charge in [-0.3, -0.25) is 4.79 Å². The highest BCUT2D eigenvalue weighted by Gasteiger charge is 2.28. The molecule has 0 spiro atoms. The second-order valence-corrected chi connectivity index (χ2v) is 3.94. The summed E-state index contributed by atoms with van der Waals surface area (Å²) in [7, 11) is 1.66. The fourth-order valence-electron chi connectivity index (χ4n) is 1.81. The molecule has 2 N–H and O–H groups in total. The van der Waals surface area contributed by atoms with Crippen molar-refractivity contribution in [3.8, 4) is 0 Å². The summed E-state index contributed by atoms with van der Waals surface area (Å²) in [5, 5.41) is 9.61. The molecule has 0 radical (unpaired) electrons. The van der Waals surface area contributed by atoms with E-state index >= 15 is 0 Å². The molecule has 17 heavy (non-hydrogen) atoms. The summed E-state index contributed by atoms with van der Waals surface area (Å²) in [5.41, 5.74) is 0. The molecule has 94 valence electrons. The van der Waals surface area contributed by atoms with Crippen LogP contribution in [0.5, 0.6) is 0 Å². The Balaban J connectivity index is 1.67. The van der Waals surface area contributed by atoms with Crippen LogP contribution in [0.4, 0.5) is 0 Å². The lowest BCUT2D eigenvalue weighted by atomic mass is 10.2. The second kappa shape index (κ2) is 5.74. The number of ether oxygens (including phenoxy) is 1. The number of amides is 1. The van der Waals surface area contributed by atoms with Crippen molar-refractivity contribution in [2.45, 2.75) is 25.0 Å². The summed E-state index contributed by atoms with van der Waals surface area (Å²) in [6.45, 7) is 1.23. The molecule has 7 heteroatoms. The molecule has 1 fully saturated rings. The minimum absolute atomic E-state index is 0.00644. The highest BCUT2D eigenvalue weighted by atomic mass is 16.5. The molecule has 2 heterocycles. The Labute approximate surface area is 98.9 Å². The molecule has 0 saturated carbocycles. The van der Waals surface area contributed by atoms with E-state index in [4.69, 9.17) is 4.74 Å². The SMILES string of the molecule is COC1CNC(C(=O)NCCc2ncon2)C1. The Morgan fingerprint density at radius 1 is 1.76 bits per heavy atom. The maximum Gasteiger partial charge on any atom is 0.237 e. The Morgan fingerprint density at radius 2 is 2.65 bits per heavy atom. The van der Waals surface area contributed by atoms with Gasteiger partial charge in [-0.05, 0) is 6.42 Å². The summed E-state index contributed by atoms with van der Waals surface area (Å²) in [4.78, 5) is 15.6. The smallest absolute Gasteiger partial charge is 0.237 e. The molecule has 7 nitrogen and oxygen atoms in total. The molecule has 0 aliphatic carbocycles. The second-order valence-electron chi connectivity index (χ2n) is 3.94. The van der Waals surface area contributed by atoms with Crippen molar-refractivity contribution < 1.29 is 14.1 Å². The molecule has 0 bridgehead atoms.